The molecule has 19 heavy (non-hydrogen) atoms. The predicted molar refractivity (Wildman–Crippen MR) is 75.9 cm³/mol. The zero-order chi connectivity index (χ0) is 13.9. The fourth-order valence-corrected chi connectivity index (χ4v) is 5.98. The van der Waals surface area contributed by atoms with Crippen molar-refractivity contribution in [1.29, 1.82) is 0 Å². The van der Waals surface area contributed by atoms with Gasteiger partial charge in [0.2, 0.25) is 0 Å². The Morgan fingerprint density at radius 3 is 2.47 bits per heavy atom. The Kier molecular flexibility index (Phi) is 2.91. The molecule has 0 spiro atoms. The Hall–Kier alpha value is -0.370. The zero-order valence-corrected chi connectivity index (χ0v) is 12.9. The van der Waals surface area contributed by atoms with Gasteiger partial charge in [0.1, 0.15) is 12.4 Å². The standard InChI is InChI=1S/C17H28O2/c1-15(2)7-5-8-16(3)13(15)6-9-17(4)14(16)10-12(11-18)19-17/h11-14H,5-10H2,1-4H3. The monoisotopic (exact) mass is 264 g/mol. The smallest absolute Gasteiger partial charge is 0.148 e. The van der Waals surface area contributed by atoms with E-state index in [0.29, 0.717) is 16.7 Å². The first-order valence-electron chi connectivity index (χ1n) is 7.95. The Morgan fingerprint density at radius 1 is 1.05 bits per heavy atom. The van der Waals surface area contributed by atoms with Gasteiger partial charge in [-0.1, -0.05) is 27.2 Å². The van der Waals surface area contributed by atoms with Crippen LogP contribution in [0.5, 0.6) is 0 Å². The molecule has 1 aliphatic heterocycles. The van der Waals surface area contributed by atoms with Gasteiger partial charge >= 0.3 is 0 Å². The molecule has 0 aromatic carbocycles. The molecule has 2 nitrogen and oxygen atoms in total. The topological polar surface area (TPSA) is 26.3 Å². The molecule has 108 valence electrons. The van der Waals surface area contributed by atoms with Gasteiger partial charge in [0.05, 0.1) is 5.60 Å². The summed E-state index contributed by atoms with van der Waals surface area (Å²) in [7, 11) is 0. The maximum absolute atomic E-state index is 11.2. The summed E-state index contributed by atoms with van der Waals surface area (Å²) in [5.41, 5.74) is 0.768. The molecule has 2 saturated carbocycles. The largest absolute Gasteiger partial charge is 0.364 e. The van der Waals surface area contributed by atoms with E-state index in [2.05, 4.69) is 27.7 Å². The summed E-state index contributed by atoms with van der Waals surface area (Å²) in [5, 5.41) is 0. The summed E-state index contributed by atoms with van der Waals surface area (Å²) in [6.45, 7) is 9.64. The van der Waals surface area contributed by atoms with Crippen LogP contribution in [-0.2, 0) is 9.53 Å². The van der Waals surface area contributed by atoms with Gasteiger partial charge in [-0.15, -0.1) is 0 Å². The maximum Gasteiger partial charge on any atom is 0.148 e. The van der Waals surface area contributed by atoms with Crippen molar-refractivity contribution in [2.45, 2.75) is 77.9 Å². The molecule has 3 aliphatic rings. The summed E-state index contributed by atoms with van der Waals surface area (Å²) in [6.07, 6.45) is 8.21. The number of aldehydes is 1. The van der Waals surface area contributed by atoms with Crippen LogP contribution < -0.4 is 0 Å². The van der Waals surface area contributed by atoms with Crippen LogP contribution in [0.15, 0.2) is 0 Å². The van der Waals surface area contributed by atoms with E-state index >= 15 is 0 Å². The summed E-state index contributed by atoms with van der Waals surface area (Å²) in [6, 6.07) is 0. The molecule has 1 saturated heterocycles. The number of carbonyl (C=O) groups is 1. The minimum absolute atomic E-state index is 0.0513. The van der Waals surface area contributed by atoms with Gasteiger partial charge in [-0.05, 0) is 61.7 Å². The van der Waals surface area contributed by atoms with E-state index in [-0.39, 0.29) is 11.7 Å². The normalized spacial score (nSPS) is 52.3. The van der Waals surface area contributed by atoms with E-state index in [1.54, 1.807) is 0 Å². The first kappa shape index (κ1) is 13.6. The fourth-order valence-electron chi connectivity index (χ4n) is 5.98. The second-order valence-corrected chi connectivity index (χ2v) is 8.33. The molecular weight excluding hydrogens is 236 g/mol. The molecule has 0 N–H and O–H groups in total. The maximum atomic E-state index is 11.2. The molecule has 3 fully saturated rings. The van der Waals surface area contributed by atoms with Crippen LogP contribution >= 0.6 is 0 Å². The quantitative estimate of drug-likeness (QED) is 0.670. The molecule has 0 radical (unpaired) electrons. The zero-order valence-electron chi connectivity index (χ0n) is 12.9. The molecule has 0 bridgehead atoms. The van der Waals surface area contributed by atoms with Crippen LogP contribution in [0.1, 0.15) is 66.2 Å². The lowest BCUT2D eigenvalue weighted by Gasteiger charge is -2.60. The Balaban J connectivity index is 1.97. The van der Waals surface area contributed by atoms with E-state index in [4.69, 9.17) is 4.74 Å². The lowest BCUT2D eigenvalue weighted by molar-refractivity contribution is -0.157. The highest BCUT2D eigenvalue weighted by Gasteiger charge is 2.61. The lowest BCUT2D eigenvalue weighted by Crippen LogP contribution is -2.55. The van der Waals surface area contributed by atoms with Gasteiger partial charge in [-0.2, -0.15) is 0 Å². The van der Waals surface area contributed by atoms with Crippen molar-refractivity contribution < 1.29 is 9.53 Å². The first-order valence-corrected chi connectivity index (χ1v) is 7.95. The summed E-state index contributed by atoms with van der Waals surface area (Å²) in [5.74, 6) is 1.36. The number of hydrogen-bond acceptors (Lipinski definition) is 2. The highest BCUT2D eigenvalue weighted by Crippen LogP contribution is 2.65. The van der Waals surface area contributed by atoms with Gasteiger partial charge in [-0.25, -0.2) is 0 Å². The Bertz CT molecular complexity index is 389. The van der Waals surface area contributed by atoms with Gasteiger partial charge in [0.15, 0.2) is 0 Å². The SMILES string of the molecule is CC1(C)CCCC2(C)C1CCC1(C)OC(C=O)CC12. The Labute approximate surface area is 117 Å². The first-order chi connectivity index (χ1) is 8.82. The minimum atomic E-state index is -0.157. The van der Waals surface area contributed by atoms with E-state index < -0.39 is 0 Å². The minimum Gasteiger partial charge on any atom is -0.364 e. The average Bonchev–Trinajstić information content (AvgIpc) is 2.66. The number of hydrogen-bond donors (Lipinski definition) is 0. The molecule has 0 aromatic heterocycles. The van der Waals surface area contributed by atoms with Crippen LogP contribution in [0, 0.1) is 22.7 Å². The van der Waals surface area contributed by atoms with E-state index in [0.717, 1.165) is 25.0 Å². The van der Waals surface area contributed by atoms with Crippen LogP contribution in [0.4, 0.5) is 0 Å². The second-order valence-electron chi connectivity index (χ2n) is 8.33. The Morgan fingerprint density at radius 2 is 1.79 bits per heavy atom. The molecule has 1 heterocycles. The van der Waals surface area contributed by atoms with Crippen molar-refractivity contribution in [2.24, 2.45) is 22.7 Å². The van der Waals surface area contributed by atoms with E-state index in [9.17, 15) is 4.79 Å². The van der Waals surface area contributed by atoms with E-state index in [1.807, 2.05) is 0 Å². The molecule has 0 aromatic rings. The van der Waals surface area contributed by atoms with Crippen molar-refractivity contribution in [1.82, 2.24) is 0 Å². The van der Waals surface area contributed by atoms with Crippen molar-refractivity contribution in [2.75, 3.05) is 0 Å². The van der Waals surface area contributed by atoms with Crippen molar-refractivity contribution in [3.05, 3.63) is 0 Å². The molecular formula is C17H28O2. The van der Waals surface area contributed by atoms with Gasteiger partial charge in [0.25, 0.3) is 0 Å². The van der Waals surface area contributed by atoms with Crippen LogP contribution in [0.25, 0.3) is 0 Å². The molecule has 3 rings (SSSR count). The molecule has 5 unspecified atom stereocenters. The van der Waals surface area contributed by atoms with Gasteiger partial charge in [-0.3, -0.25) is 0 Å². The number of ether oxygens (including phenoxy) is 1. The summed E-state index contributed by atoms with van der Waals surface area (Å²) < 4.78 is 6.12. The molecule has 2 heteroatoms. The average molecular weight is 264 g/mol. The number of carbonyl (C=O) groups excluding carboxylic acids is 1. The van der Waals surface area contributed by atoms with Crippen LogP contribution in [-0.4, -0.2) is 18.0 Å². The van der Waals surface area contributed by atoms with Gasteiger partial charge < -0.3 is 9.53 Å². The number of fused-ring (bicyclic) bond motifs is 3. The molecule has 5 atom stereocenters. The number of rotatable bonds is 1. The van der Waals surface area contributed by atoms with Crippen LogP contribution in [0.2, 0.25) is 0 Å². The summed E-state index contributed by atoms with van der Waals surface area (Å²) >= 11 is 0. The van der Waals surface area contributed by atoms with Gasteiger partial charge in [0, 0.05) is 0 Å². The predicted octanol–water partition coefficient (Wildman–Crippen LogP) is 3.98. The van der Waals surface area contributed by atoms with E-state index in [1.165, 1.54) is 25.7 Å². The second kappa shape index (κ2) is 4.07. The van der Waals surface area contributed by atoms with Crippen molar-refractivity contribution in [3.8, 4) is 0 Å². The molecule has 0 amide bonds. The van der Waals surface area contributed by atoms with Crippen LogP contribution in [0.3, 0.4) is 0 Å². The highest BCUT2D eigenvalue weighted by atomic mass is 16.5. The van der Waals surface area contributed by atoms with Crippen molar-refractivity contribution in [3.63, 3.8) is 0 Å². The highest BCUT2D eigenvalue weighted by molar-refractivity contribution is 5.57. The third kappa shape index (κ3) is 1.82. The molecule has 2 aliphatic carbocycles. The lowest BCUT2D eigenvalue weighted by atomic mass is 9.45. The van der Waals surface area contributed by atoms with Crippen molar-refractivity contribution >= 4 is 6.29 Å². The third-order valence-electron chi connectivity index (χ3n) is 6.78. The fraction of sp³-hybridized carbons (Fsp3) is 0.941. The summed E-state index contributed by atoms with van der Waals surface area (Å²) in [4.78, 5) is 11.2. The third-order valence-corrected chi connectivity index (χ3v) is 6.78.